The van der Waals surface area contributed by atoms with Crippen LogP contribution in [-0.4, -0.2) is 51.4 Å². The van der Waals surface area contributed by atoms with E-state index in [1.54, 1.807) is 24.3 Å². The largest absolute Gasteiger partial charge is 0.325 e. The van der Waals surface area contributed by atoms with E-state index in [0.717, 1.165) is 15.7 Å². The highest BCUT2D eigenvalue weighted by molar-refractivity contribution is 7.89. The van der Waals surface area contributed by atoms with Crippen LogP contribution in [0.15, 0.2) is 71.6 Å². The van der Waals surface area contributed by atoms with Crippen molar-refractivity contribution in [2.75, 3.05) is 38.0 Å². The second-order valence-corrected chi connectivity index (χ2v) is 9.31. The smallest absolute Gasteiger partial charge is 0.279 e. The van der Waals surface area contributed by atoms with Crippen molar-refractivity contribution in [3.05, 3.63) is 72.5 Å². The van der Waals surface area contributed by atoms with E-state index >= 15 is 0 Å². The highest BCUT2D eigenvalue weighted by Gasteiger charge is 2.31. The van der Waals surface area contributed by atoms with Crippen molar-refractivity contribution in [2.24, 2.45) is 0 Å². The maximum atomic E-state index is 13.7. The summed E-state index contributed by atoms with van der Waals surface area (Å²) in [6.07, 6.45) is 0. The van der Waals surface area contributed by atoms with Gasteiger partial charge in [-0.1, -0.05) is 42.5 Å². The Bertz CT molecular complexity index is 1170. The summed E-state index contributed by atoms with van der Waals surface area (Å²) in [5.74, 6) is -0.770. The first kappa shape index (κ1) is 20.5. The van der Waals surface area contributed by atoms with Crippen LogP contribution in [-0.2, 0) is 14.8 Å². The Balaban J connectivity index is 1.37. The van der Waals surface area contributed by atoms with Crippen LogP contribution in [0, 0.1) is 5.82 Å². The van der Waals surface area contributed by atoms with E-state index in [-0.39, 0.29) is 23.0 Å². The number of sulfonamides is 1. The molecule has 0 atom stereocenters. The van der Waals surface area contributed by atoms with E-state index in [2.05, 4.69) is 5.32 Å². The third kappa shape index (κ3) is 4.35. The van der Waals surface area contributed by atoms with Crippen molar-refractivity contribution in [3.63, 3.8) is 0 Å². The van der Waals surface area contributed by atoms with Gasteiger partial charge in [-0.25, -0.2) is 12.8 Å². The maximum absolute atomic E-state index is 13.7. The minimum Gasteiger partial charge on any atom is -0.325 e. The lowest BCUT2D eigenvalue weighted by Gasteiger charge is -2.31. The zero-order valence-corrected chi connectivity index (χ0v) is 17.2. The second-order valence-electron chi connectivity index (χ2n) is 7.37. The molecule has 1 aliphatic rings. The van der Waals surface area contributed by atoms with E-state index in [9.17, 15) is 17.6 Å². The monoisotopic (exact) mass is 428 g/mol. The zero-order chi connectivity index (χ0) is 21.1. The van der Waals surface area contributed by atoms with E-state index < -0.39 is 15.8 Å². The Labute approximate surface area is 175 Å². The number of quaternary nitrogens is 1. The van der Waals surface area contributed by atoms with E-state index in [0.29, 0.717) is 26.2 Å². The summed E-state index contributed by atoms with van der Waals surface area (Å²) in [7, 11) is -3.59. The first-order valence-corrected chi connectivity index (χ1v) is 11.2. The molecule has 0 aliphatic carbocycles. The molecule has 0 spiro atoms. The lowest BCUT2D eigenvalue weighted by atomic mass is 10.1. The molecule has 30 heavy (non-hydrogen) atoms. The van der Waals surface area contributed by atoms with Crippen molar-refractivity contribution in [1.29, 1.82) is 0 Å². The summed E-state index contributed by atoms with van der Waals surface area (Å²) >= 11 is 0. The van der Waals surface area contributed by atoms with Crippen molar-refractivity contribution < 1.29 is 22.5 Å². The summed E-state index contributed by atoms with van der Waals surface area (Å²) in [5.41, 5.74) is 0.152. The lowest BCUT2D eigenvalue weighted by molar-refractivity contribution is -0.895. The van der Waals surface area contributed by atoms with Gasteiger partial charge in [-0.05, 0) is 35.0 Å². The highest BCUT2D eigenvalue weighted by atomic mass is 32.2. The number of para-hydroxylation sites is 1. The number of fused-ring (bicyclic) bond motifs is 1. The van der Waals surface area contributed by atoms with Crippen molar-refractivity contribution >= 4 is 32.4 Å². The number of carbonyl (C=O) groups excluding carboxylic acids is 1. The molecule has 1 aliphatic heterocycles. The molecule has 0 unspecified atom stereocenters. The molecule has 3 aromatic carbocycles. The fourth-order valence-corrected chi connectivity index (χ4v) is 5.16. The maximum Gasteiger partial charge on any atom is 0.279 e. The Morgan fingerprint density at radius 2 is 1.63 bits per heavy atom. The fraction of sp³-hybridized carbons (Fsp3) is 0.227. The average Bonchev–Trinajstić information content (AvgIpc) is 2.75. The number of nitrogens with one attached hydrogen (secondary N) is 2. The number of amides is 1. The van der Waals surface area contributed by atoms with Crippen LogP contribution in [0.4, 0.5) is 10.1 Å². The summed E-state index contributed by atoms with van der Waals surface area (Å²) in [6, 6.07) is 18.8. The number of carbonyl (C=O) groups is 1. The number of benzene rings is 3. The quantitative estimate of drug-likeness (QED) is 0.647. The number of anilines is 1. The number of rotatable bonds is 5. The van der Waals surface area contributed by atoms with Crippen molar-refractivity contribution in [1.82, 2.24) is 4.31 Å². The molecule has 4 rings (SSSR count). The topological polar surface area (TPSA) is 70.9 Å². The molecule has 1 fully saturated rings. The highest BCUT2D eigenvalue weighted by Crippen LogP contribution is 2.22. The van der Waals surface area contributed by atoms with Crippen molar-refractivity contribution in [3.8, 4) is 0 Å². The molecule has 3 aromatic rings. The standard InChI is InChI=1S/C22H22FN3O3S/c23-20-7-3-4-8-21(20)24-22(27)16-25-11-13-26(14-12-25)30(28,29)19-10-9-17-5-1-2-6-18(17)15-19/h1-10,15H,11-14,16H2,(H,24,27)/p+1. The summed E-state index contributed by atoms with van der Waals surface area (Å²) in [5, 5.41) is 4.45. The molecule has 8 heteroatoms. The predicted molar refractivity (Wildman–Crippen MR) is 113 cm³/mol. The minimum absolute atomic E-state index is 0.152. The molecule has 0 aromatic heterocycles. The Kier molecular flexibility index (Phi) is 5.80. The van der Waals surface area contributed by atoms with Gasteiger partial charge in [0.2, 0.25) is 10.0 Å². The molecule has 0 saturated carbocycles. The Hall–Kier alpha value is -2.81. The Morgan fingerprint density at radius 1 is 0.967 bits per heavy atom. The van der Waals surface area contributed by atoms with Crippen LogP contribution in [0.3, 0.4) is 0 Å². The number of nitrogens with zero attached hydrogens (tertiary/aromatic N) is 1. The third-order valence-corrected chi connectivity index (χ3v) is 7.24. The number of halogens is 1. The van der Waals surface area contributed by atoms with Crippen molar-refractivity contribution in [2.45, 2.75) is 4.90 Å². The molecule has 2 N–H and O–H groups in total. The lowest BCUT2D eigenvalue weighted by Crippen LogP contribution is -3.15. The Morgan fingerprint density at radius 3 is 2.37 bits per heavy atom. The second kappa shape index (κ2) is 8.51. The molecule has 1 amide bonds. The van der Waals surface area contributed by atoms with Crippen LogP contribution >= 0.6 is 0 Å². The van der Waals surface area contributed by atoms with Gasteiger partial charge in [-0.2, -0.15) is 4.31 Å². The van der Waals surface area contributed by atoms with E-state index in [1.165, 1.54) is 16.4 Å². The summed E-state index contributed by atoms with van der Waals surface area (Å²) in [4.78, 5) is 13.5. The molecule has 0 radical (unpaired) electrons. The molecule has 156 valence electrons. The number of piperazine rings is 1. The third-order valence-electron chi connectivity index (χ3n) is 5.35. The van der Waals surface area contributed by atoms with Gasteiger partial charge in [0.1, 0.15) is 5.82 Å². The van der Waals surface area contributed by atoms with E-state index in [1.807, 2.05) is 30.3 Å². The van der Waals surface area contributed by atoms with Gasteiger partial charge in [-0.3, -0.25) is 4.79 Å². The van der Waals surface area contributed by atoms with Gasteiger partial charge >= 0.3 is 0 Å². The molecule has 6 nitrogen and oxygen atoms in total. The van der Waals surface area contributed by atoms with Gasteiger partial charge in [0, 0.05) is 0 Å². The van der Waals surface area contributed by atoms with Gasteiger partial charge in [0.25, 0.3) is 5.91 Å². The molecular formula is C22H23FN3O3S+. The number of hydrogen-bond acceptors (Lipinski definition) is 3. The summed E-state index contributed by atoms with van der Waals surface area (Å²) < 4.78 is 41.2. The first-order chi connectivity index (χ1) is 14.4. The van der Waals surface area contributed by atoms with Crippen LogP contribution < -0.4 is 10.2 Å². The molecule has 1 saturated heterocycles. The average molecular weight is 429 g/mol. The van der Waals surface area contributed by atoms with Crippen LogP contribution in [0.25, 0.3) is 10.8 Å². The first-order valence-electron chi connectivity index (χ1n) is 9.80. The normalized spacial score (nSPS) is 15.9. The molecule has 1 heterocycles. The van der Waals surface area contributed by atoms with Gasteiger partial charge in [-0.15, -0.1) is 0 Å². The van der Waals surface area contributed by atoms with Crippen LogP contribution in [0.5, 0.6) is 0 Å². The predicted octanol–water partition coefficient (Wildman–Crippen LogP) is 1.51. The number of hydrogen-bond donors (Lipinski definition) is 2. The van der Waals surface area contributed by atoms with Gasteiger partial charge in [0.05, 0.1) is 36.8 Å². The molecule has 0 bridgehead atoms. The van der Waals surface area contributed by atoms with E-state index in [4.69, 9.17) is 0 Å². The fourth-order valence-electron chi connectivity index (χ4n) is 3.68. The SMILES string of the molecule is O=C(C[NH+]1CCN(S(=O)(=O)c2ccc3ccccc3c2)CC1)Nc1ccccc1F. The van der Waals surface area contributed by atoms with Gasteiger partial charge in [0.15, 0.2) is 6.54 Å². The zero-order valence-electron chi connectivity index (χ0n) is 16.3. The molecular weight excluding hydrogens is 405 g/mol. The van der Waals surface area contributed by atoms with Crippen LogP contribution in [0.1, 0.15) is 0 Å². The summed E-state index contributed by atoms with van der Waals surface area (Å²) in [6.45, 7) is 1.85. The van der Waals surface area contributed by atoms with Gasteiger partial charge < -0.3 is 10.2 Å². The minimum atomic E-state index is -3.59. The van der Waals surface area contributed by atoms with Crippen LogP contribution in [0.2, 0.25) is 0 Å².